The first kappa shape index (κ1) is 15.1. The maximum Gasteiger partial charge on any atom is 0.274 e. The fourth-order valence-electron chi connectivity index (χ4n) is 4.66. The van der Waals surface area contributed by atoms with Gasteiger partial charge in [0.2, 0.25) is 0 Å². The van der Waals surface area contributed by atoms with Crippen molar-refractivity contribution in [3.8, 4) is 0 Å². The second-order valence-corrected chi connectivity index (χ2v) is 7.50. The first-order valence-corrected chi connectivity index (χ1v) is 9.09. The lowest BCUT2D eigenvalue weighted by molar-refractivity contribution is 0.0726. The number of fused-ring (bicyclic) bond motifs is 4. The minimum absolute atomic E-state index is 0.0534. The van der Waals surface area contributed by atoms with Gasteiger partial charge in [0, 0.05) is 44.6 Å². The van der Waals surface area contributed by atoms with Crippen LogP contribution in [0.25, 0.3) is 0 Å². The molecular formula is C18H26N4O. The molecule has 1 aromatic heterocycles. The topological polar surface area (TPSA) is 49.3 Å². The molecule has 1 aromatic rings. The number of aromatic nitrogens is 2. The fraction of sp³-hybridized carbons (Fsp3) is 0.722. The van der Waals surface area contributed by atoms with E-state index in [0.29, 0.717) is 17.7 Å². The molecule has 0 radical (unpaired) electrons. The molecule has 4 fully saturated rings. The summed E-state index contributed by atoms with van der Waals surface area (Å²) >= 11 is 0. The van der Waals surface area contributed by atoms with Gasteiger partial charge in [0.1, 0.15) is 5.69 Å². The summed E-state index contributed by atoms with van der Waals surface area (Å²) in [7, 11) is 0. The molecule has 0 aromatic carbocycles. The molecule has 5 heteroatoms. The Balaban J connectivity index is 1.45. The van der Waals surface area contributed by atoms with Gasteiger partial charge in [-0.05, 0) is 37.5 Å². The summed E-state index contributed by atoms with van der Waals surface area (Å²) in [5.41, 5.74) is 0.483. The number of nitrogens with zero attached hydrogens (tertiary/aromatic N) is 4. The molecule has 5 nitrogen and oxygen atoms in total. The number of amides is 1. The average Bonchev–Trinajstić information content (AvgIpc) is 2.93. The van der Waals surface area contributed by atoms with E-state index < -0.39 is 0 Å². The molecule has 2 bridgehead atoms. The number of hydrogen-bond acceptors (Lipinski definition) is 4. The zero-order valence-electron chi connectivity index (χ0n) is 13.7. The van der Waals surface area contributed by atoms with Gasteiger partial charge in [0.15, 0.2) is 0 Å². The van der Waals surface area contributed by atoms with Gasteiger partial charge < -0.3 is 4.90 Å². The van der Waals surface area contributed by atoms with E-state index >= 15 is 0 Å². The summed E-state index contributed by atoms with van der Waals surface area (Å²) in [6, 6.07) is 0.537. The third-order valence-electron chi connectivity index (χ3n) is 5.86. The zero-order chi connectivity index (χ0) is 15.6. The van der Waals surface area contributed by atoms with Crippen molar-refractivity contribution in [3.05, 3.63) is 24.3 Å². The van der Waals surface area contributed by atoms with Crippen molar-refractivity contribution in [2.24, 2.45) is 11.8 Å². The van der Waals surface area contributed by atoms with Crippen molar-refractivity contribution in [2.45, 2.75) is 44.6 Å². The molecule has 0 N–H and O–H groups in total. The van der Waals surface area contributed by atoms with Gasteiger partial charge >= 0.3 is 0 Å². The Labute approximate surface area is 138 Å². The van der Waals surface area contributed by atoms with E-state index in [-0.39, 0.29) is 5.91 Å². The van der Waals surface area contributed by atoms with Crippen LogP contribution in [0.3, 0.4) is 0 Å². The van der Waals surface area contributed by atoms with Crippen LogP contribution in [0.2, 0.25) is 0 Å². The molecule has 4 heterocycles. The van der Waals surface area contributed by atoms with Gasteiger partial charge in [-0.3, -0.25) is 14.7 Å². The molecule has 0 unspecified atom stereocenters. The van der Waals surface area contributed by atoms with Crippen molar-refractivity contribution in [2.75, 3.05) is 26.2 Å². The normalized spacial score (nSPS) is 29.0. The van der Waals surface area contributed by atoms with E-state index in [1.807, 2.05) is 4.90 Å². The Bertz CT molecular complexity index is 543. The van der Waals surface area contributed by atoms with Crippen LogP contribution in [0.5, 0.6) is 0 Å². The summed E-state index contributed by atoms with van der Waals surface area (Å²) in [5, 5.41) is 0. The summed E-state index contributed by atoms with van der Waals surface area (Å²) in [5.74, 6) is 1.56. The quantitative estimate of drug-likeness (QED) is 0.858. The van der Waals surface area contributed by atoms with Crippen LogP contribution in [0.15, 0.2) is 18.6 Å². The standard InChI is InChI=1S/C18H26N4O/c23-18(17-9-19-7-8-20-17)22-12-15-5-6-16(13-22)21(11-15)10-14-3-1-2-4-14/h7-9,14-16H,1-6,10-13H2/t15-,16-/m1/s1. The predicted octanol–water partition coefficient (Wildman–Crippen LogP) is 2.20. The van der Waals surface area contributed by atoms with Gasteiger partial charge in [0.25, 0.3) is 5.91 Å². The number of hydrogen-bond donors (Lipinski definition) is 0. The maximum absolute atomic E-state index is 12.7. The molecule has 23 heavy (non-hydrogen) atoms. The number of carbonyl (C=O) groups excluding carboxylic acids is 1. The largest absolute Gasteiger partial charge is 0.335 e. The van der Waals surface area contributed by atoms with Crippen LogP contribution in [0.1, 0.15) is 49.0 Å². The van der Waals surface area contributed by atoms with Crippen molar-refractivity contribution >= 4 is 5.91 Å². The molecule has 1 aliphatic carbocycles. The third-order valence-corrected chi connectivity index (χ3v) is 5.86. The molecule has 3 aliphatic heterocycles. The average molecular weight is 314 g/mol. The van der Waals surface area contributed by atoms with Crippen LogP contribution >= 0.6 is 0 Å². The molecule has 1 saturated carbocycles. The second-order valence-electron chi connectivity index (χ2n) is 7.50. The van der Waals surface area contributed by atoms with E-state index in [2.05, 4.69) is 14.9 Å². The minimum atomic E-state index is 0.0534. The molecule has 2 atom stereocenters. The fourth-order valence-corrected chi connectivity index (χ4v) is 4.66. The van der Waals surface area contributed by atoms with Crippen LogP contribution in [0, 0.1) is 11.8 Å². The van der Waals surface area contributed by atoms with E-state index in [0.717, 1.165) is 19.0 Å². The molecule has 3 saturated heterocycles. The molecule has 0 spiro atoms. The summed E-state index contributed by atoms with van der Waals surface area (Å²) in [4.78, 5) is 25.7. The Morgan fingerprint density at radius 1 is 1.09 bits per heavy atom. The summed E-state index contributed by atoms with van der Waals surface area (Å²) in [6.07, 6.45) is 12.9. The van der Waals surface area contributed by atoms with Crippen molar-refractivity contribution < 1.29 is 4.79 Å². The van der Waals surface area contributed by atoms with E-state index in [1.54, 1.807) is 18.6 Å². The van der Waals surface area contributed by atoms with Gasteiger partial charge in [-0.25, -0.2) is 4.98 Å². The zero-order valence-corrected chi connectivity index (χ0v) is 13.7. The Morgan fingerprint density at radius 2 is 1.96 bits per heavy atom. The summed E-state index contributed by atoms with van der Waals surface area (Å²) in [6.45, 7) is 4.16. The van der Waals surface area contributed by atoms with Crippen LogP contribution in [-0.2, 0) is 0 Å². The van der Waals surface area contributed by atoms with Gasteiger partial charge in [0.05, 0.1) is 6.20 Å². The highest BCUT2D eigenvalue weighted by atomic mass is 16.2. The number of piperidine rings is 1. The lowest BCUT2D eigenvalue weighted by atomic mass is 9.93. The highest BCUT2D eigenvalue weighted by Gasteiger charge is 2.37. The van der Waals surface area contributed by atoms with Gasteiger partial charge in [-0.2, -0.15) is 0 Å². The van der Waals surface area contributed by atoms with Crippen molar-refractivity contribution in [3.63, 3.8) is 0 Å². The van der Waals surface area contributed by atoms with E-state index in [4.69, 9.17) is 0 Å². The molecule has 5 rings (SSSR count). The Hall–Kier alpha value is -1.49. The lowest BCUT2D eigenvalue weighted by Gasteiger charge is -2.37. The second kappa shape index (κ2) is 6.56. The molecule has 1 amide bonds. The Morgan fingerprint density at radius 3 is 2.74 bits per heavy atom. The minimum Gasteiger partial charge on any atom is -0.335 e. The molecular weight excluding hydrogens is 288 g/mol. The van der Waals surface area contributed by atoms with Gasteiger partial charge in [-0.15, -0.1) is 0 Å². The van der Waals surface area contributed by atoms with Crippen LogP contribution in [0.4, 0.5) is 0 Å². The first-order valence-electron chi connectivity index (χ1n) is 9.09. The van der Waals surface area contributed by atoms with E-state index in [1.165, 1.54) is 51.6 Å². The summed E-state index contributed by atoms with van der Waals surface area (Å²) < 4.78 is 0. The number of rotatable bonds is 3. The van der Waals surface area contributed by atoms with Gasteiger partial charge in [-0.1, -0.05) is 12.8 Å². The predicted molar refractivity (Wildman–Crippen MR) is 88.0 cm³/mol. The Kier molecular flexibility index (Phi) is 4.29. The highest BCUT2D eigenvalue weighted by Crippen LogP contribution is 2.32. The van der Waals surface area contributed by atoms with Crippen molar-refractivity contribution in [1.82, 2.24) is 19.8 Å². The maximum atomic E-state index is 12.7. The monoisotopic (exact) mass is 314 g/mol. The smallest absolute Gasteiger partial charge is 0.274 e. The van der Waals surface area contributed by atoms with Crippen molar-refractivity contribution in [1.29, 1.82) is 0 Å². The first-order chi connectivity index (χ1) is 11.3. The lowest BCUT2D eigenvalue weighted by Crippen LogP contribution is -2.46. The van der Waals surface area contributed by atoms with E-state index in [9.17, 15) is 4.79 Å². The molecule has 4 aliphatic rings. The van der Waals surface area contributed by atoms with Crippen LogP contribution in [-0.4, -0.2) is 57.9 Å². The number of carbonyl (C=O) groups is 1. The third kappa shape index (κ3) is 3.25. The highest BCUT2D eigenvalue weighted by molar-refractivity contribution is 5.92. The SMILES string of the molecule is O=C(c1cnccn1)N1C[C@@H]2CC[C@H](C1)N(CC1CCCC1)C2. The molecule has 124 valence electrons. The van der Waals surface area contributed by atoms with Crippen LogP contribution < -0.4 is 0 Å².